The molecule has 3 aliphatic rings. The molecule has 19 heavy (non-hydrogen) atoms. The first kappa shape index (κ1) is 13.3. The molecular formula is C14H18N2OS2. The van der Waals surface area contributed by atoms with Gasteiger partial charge < -0.3 is 5.32 Å². The van der Waals surface area contributed by atoms with Crippen LogP contribution in [0.4, 0.5) is 0 Å². The molecule has 3 rings (SSSR count). The van der Waals surface area contributed by atoms with Gasteiger partial charge in [0.1, 0.15) is 5.92 Å². The Morgan fingerprint density at radius 3 is 2.84 bits per heavy atom. The quantitative estimate of drug-likeness (QED) is 0.697. The van der Waals surface area contributed by atoms with Crippen molar-refractivity contribution in [3.05, 3.63) is 10.5 Å². The van der Waals surface area contributed by atoms with Crippen LogP contribution in [0.5, 0.6) is 0 Å². The van der Waals surface area contributed by atoms with Crippen LogP contribution in [-0.4, -0.2) is 16.1 Å². The number of nitrogens with one attached hydrogen (secondary N) is 1. The molecule has 0 spiro atoms. The van der Waals surface area contributed by atoms with Crippen molar-refractivity contribution in [1.82, 2.24) is 5.32 Å². The van der Waals surface area contributed by atoms with Gasteiger partial charge in [-0.25, -0.2) is 4.99 Å². The summed E-state index contributed by atoms with van der Waals surface area (Å²) in [6, 6.07) is 0. The monoisotopic (exact) mass is 294 g/mol. The molecular weight excluding hydrogens is 276 g/mol. The maximum absolute atomic E-state index is 12.1. The molecule has 0 aromatic rings. The molecule has 0 fully saturated rings. The molecule has 0 aromatic carbocycles. The lowest BCUT2D eigenvalue weighted by Crippen LogP contribution is -2.41. The predicted molar refractivity (Wildman–Crippen MR) is 83.1 cm³/mol. The Labute approximate surface area is 123 Å². The Morgan fingerprint density at radius 2 is 2.16 bits per heavy atom. The van der Waals surface area contributed by atoms with Crippen LogP contribution in [0.3, 0.4) is 0 Å². The highest BCUT2D eigenvalue weighted by Crippen LogP contribution is 2.51. The third kappa shape index (κ3) is 2.27. The Kier molecular flexibility index (Phi) is 3.09. The number of carbonyl (C=O) groups is 1. The number of amides is 1. The van der Waals surface area contributed by atoms with Crippen molar-refractivity contribution in [3.8, 4) is 0 Å². The molecule has 2 atom stereocenters. The summed E-state index contributed by atoms with van der Waals surface area (Å²) in [5.41, 5.74) is 1.62. The number of aliphatic imine (C=N–C) groups is 1. The molecule has 2 heterocycles. The number of hydrogen-bond acceptors (Lipinski definition) is 3. The van der Waals surface area contributed by atoms with E-state index in [1.807, 2.05) is 0 Å². The normalized spacial score (nSPS) is 30.8. The topological polar surface area (TPSA) is 41.5 Å². The first-order valence-electron chi connectivity index (χ1n) is 6.69. The van der Waals surface area contributed by atoms with Crippen molar-refractivity contribution < 1.29 is 4.79 Å². The summed E-state index contributed by atoms with van der Waals surface area (Å²) < 4.78 is 0. The Bertz CT molecular complexity index is 528. The van der Waals surface area contributed by atoms with E-state index in [4.69, 9.17) is 12.2 Å². The molecule has 0 radical (unpaired) electrons. The zero-order chi connectivity index (χ0) is 13.8. The van der Waals surface area contributed by atoms with E-state index in [0.717, 1.165) is 17.9 Å². The molecule has 0 aromatic heterocycles. The fourth-order valence-corrected chi connectivity index (χ4v) is 4.72. The number of rotatable bonds is 0. The summed E-state index contributed by atoms with van der Waals surface area (Å²) >= 11 is 6.69. The van der Waals surface area contributed by atoms with Gasteiger partial charge in [-0.1, -0.05) is 32.5 Å². The lowest BCUT2D eigenvalue weighted by molar-refractivity contribution is -0.120. The highest BCUT2D eigenvalue weighted by atomic mass is 32.2. The van der Waals surface area contributed by atoms with Gasteiger partial charge in [0, 0.05) is 0 Å². The minimum absolute atomic E-state index is 0.0155. The summed E-state index contributed by atoms with van der Waals surface area (Å²) in [5, 5.41) is 3.89. The van der Waals surface area contributed by atoms with Crippen LogP contribution >= 0.6 is 24.0 Å². The maximum atomic E-state index is 12.1. The summed E-state index contributed by atoms with van der Waals surface area (Å²) in [4.78, 5) is 17.8. The SMILES string of the molecule is CC(C)(C)C1CCC2=C(C1)SC1=NC(=S)NC(=O)C12. The highest BCUT2D eigenvalue weighted by molar-refractivity contribution is 8.17. The van der Waals surface area contributed by atoms with E-state index in [0.29, 0.717) is 16.4 Å². The first-order valence-corrected chi connectivity index (χ1v) is 7.92. The van der Waals surface area contributed by atoms with Gasteiger partial charge in [-0.05, 0) is 53.3 Å². The number of carbonyl (C=O) groups excluding carboxylic acids is 1. The molecule has 1 N–H and O–H groups in total. The van der Waals surface area contributed by atoms with E-state index in [2.05, 4.69) is 31.1 Å². The lowest BCUT2D eigenvalue weighted by Gasteiger charge is -2.34. The molecule has 1 amide bonds. The van der Waals surface area contributed by atoms with Crippen LogP contribution < -0.4 is 5.32 Å². The summed E-state index contributed by atoms with van der Waals surface area (Å²) in [6.07, 6.45) is 3.28. The first-order chi connectivity index (χ1) is 8.86. The average molecular weight is 294 g/mol. The molecule has 0 saturated heterocycles. The molecule has 102 valence electrons. The van der Waals surface area contributed by atoms with Gasteiger partial charge in [0.05, 0.1) is 5.04 Å². The third-order valence-electron chi connectivity index (χ3n) is 4.30. The second kappa shape index (κ2) is 4.42. The predicted octanol–water partition coefficient (Wildman–Crippen LogP) is 3.26. The van der Waals surface area contributed by atoms with Crippen LogP contribution in [0.2, 0.25) is 0 Å². The van der Waals surface area contributed by atoms with E-state index in [1.54, 1.807) is 11.8 Å². The minimum Gasteiger partial charge on any atom is -0.300 e. The van der Waals surface area contributed by atoms with Crippen LogP contribution in [0, 0.1) is 17.3 Å². The lowest BCUT2D eigenvalue weighted by atomic mass is 9.71. The van der Waals surface area contributed by atoms with Crippen molar-refractivity contribution in [1.29, 1.82) is 0 Å². The number of thioether (sulfide) groups is 1. The molecule has 5 heteroatoms. The molecule has 2 unspecified atom stereocenters. The zero-order valence-electron chi connectivity index (χ0n) is 11.4. The third-order valence-corrected chi connectivity index (χ3v) is 5.71. The van der Waals surface area contributed by atoms with Gasteiger partial charge in [0.2, 0.25) is 5.91 Å². The number of hydrogen-bond donors (Lipinski definition) is 1. The van der Waals surface area contributed by atoms with Gasteiger partial charge in [0.15, 0.2) is 5.11 Å². The van der Waals surface area contributed by atoms with E-state index >= 15 is 0 Å². The van der Waals surface area contributed by atoms with Crippen molar-refractivity contribution in [2.75, 3.05) is 0 Å². The van der Waals surface area contributed by atoms with Crippen molar-refractivity contribution in [3.63, 3.8) is 0 Å². The summed E-state index contributed by atoms with van der Waals surface area (Å²) in [5.74, 6) is 0.559. The van der Waals surface area contributed by atoms with Crippen molar-refractivity contribution in [2.45, 2.75) is 40.0 Å². The summed E-state index contributed by atoms with van der Waals surface area (Å²) in [7, 11) is 0. The van der Waals surface area contributed by atoms with Gasteiger partial charge in [0.25, 0.3) is 0 Å². The zero-order valence-corrected chi connectivity index (χ0v) is 13.1. The minimum atomic E-state index is -0.146. The van der Waals surface area contributed by atoms with Gasteiger partial charge in [-0.2, -0.15) is 0 Å². The van der Waals surface area contributed by atoms with E-state index in [9.17, 15) is 4.79 Å². The Morgan fingerprint density at radius 1 is 1.42 bits per heavy atom. The average Bonchev–Trinajstić information content (AvgIpc) is 2.64. The fourth-order valence-electron chi connectivity index (χ4n) is 3.08. The molecule has 0 saturated carbocycles. The van der Waals surface area contributed by atoms with Crippen LogP contribution in [-0.2, 0) is 4.79 Å². The van der Waals surface area contributed by atoms with E-state index in [-0.39, 0.29) is 11.8 Å². The van der Waals surface area contributed by atoms with Gasteiger partial charge in [-0.3, -0.25) is 4.79 Å². The second-order valence-corrected chi connectivity index (χ2v) is 8.04. The number of thiocarbonyl (C=S) groups is 1. The maximum Gasteiger partial charge on any atom is 0.240 e. The number of nitrogens with zero attached hydrogens (tertiary/aromatic N) is 1. The van der Waals surface area contributed by atoms with Gasteiger partial charge in [-0.15, -0.1) is 0 Å². The van der Waals surface area contributed by atoms with Gasteiger partial charge >= 0.3 is 0 Å². The van der Waals surface area contributed by atoms with Crippen molar-refractivity contribution >= 4 is 40.0 Å². The Hall–Kier alpha value is -0.680. The van der Waals surface area contributed by atoms with E-state index < -0.39 is 0 Å². The highest BCUT2D eigenvalue weighted by Gasteiger charge is 2.43. The molecule has 2 aliphatic heterocycles. The number of fused-ring (bicyclic) bond motifs is 2. The van der Waals surface area contributed by atoms with Crippen LogP contribution in [0.1, 0.15) is 40.0 Å². The van der Waals surface area contributed by atoms with Crippen LogP contribution in [0.25, 0.3) is 0 Å². The second-order valence-electron chi connectivity index (χ2n) is 6.53. The smallest absolute Gasteiger partial charge is 0.240 e. The Balaban J connectivity index is 1.90. The molecule has 0 bridgehead atoms. The van der Waals surface area contributed by atoms with Crippen LogP contribution in [0.15, 0.2) is 15.5 Å². The number of allylic oxidation sites excluding steroid dienone is 1. The largest absolute Gasteiger partial charge is 0.300 e. The van der Waals surface area contributed by atoms with Crippen molar-refractivity contribution in [2.24, 2.45) is 22.2 Å². The fraction of sp³-hybridized carbons (Fsp3) is 0.643. The standard InChI is InChI=1S/C14H18N2OS2/c1-14(2,3)7-4-5-8-9(6-7)19-12-10(8)11(17)15-13(18)16-12/h7,10H,4-6H2,1-3H3,(H,15,17,18). The molecule has 3 nitrogen and oxygen atoms in total. The molecule has 1 aliphatic carbocycles. The summed E-state index contributed by atoms with van der Waals surface area (Å²) in [6.45, 7) is 6.90. The van der Waals surface area contributed by atoms with E-state index in [1.165, 1.54) is 16.9 Å².